The summed E-state index contributed by atoms with van der Waals surface area (Å²) in [6.45, 7) is 7.74. The maximum absolute atomic E-state index is 10.7. The average Bonchev–Trinajstić information content (AvgIpc) is 2.60. The SMILES string of the molecule is C=[N+](CCCCCCC(N)C(=O)O)C(C)=CN(C)CCCCC(N)C(=O)O. The van der Waals surface area contributed by atoms with Crippen LogP contribution in [0.2, 0.25) is 0 Å². The van der Waals surface area contributed by atoms with Crippen LogP contribution in [0.1, 0.15) is 58.3 Å². The van der Waals surface area contributed by atoms with Gasteiger partial charge in [0.1, 0.15) is 25.3 Å². The predicted molar refractivity (Wildman–Crippen MR) is 107 cm³/mol. The van der Waals surface area contributed by atoms with Crippen molar-refractivity contribution in [3.8, 4) is 0 Å². The van der Waals surface area contributed by atoms with Gasteiger partial charge in [0.25, 0.3) is 0 Å². The number of hydrogen-bond acceptors (Lipinski definition) is 5. The van der Waals surface area contributed by atoms with E-state index in [-0.39, 0.29) is 0 Å². The summed E-state index contributed by atoms with van der Waals surface area (Å²) in [5, 5.41) is 17.5. The van der Waals surface area contributed by atoms with Gasteiger partial charge in [0.15, 0.2) is 5.70 Å². The van der Waals surface area contributed by atoms with Crippen molar-refractivity contribution in [2.75, 3.05) is 20.1 Å². The number of carbonyl (C=O) groups is 2. The highest BCUT2D eigenvalue weighted by molar-refractivity contribution is 5.73. The molecule has 6 N–H and O–H groups in total. The van der Waals surface area contributed by atoms with Gasteiger partial charge in [-0.05, 0) is 32.1 Å². The first-order valence-electron chi connectivity index (χ1n) is 9.58. The van der Waals surface area contributed by atoms with Gasteiger partial charge in [-0.2, -0.15) is 0 Å². The summed E-state index contributed by atoms with van der Waals surface area (Å²) < 4.78 is 1.96. The van der Waals surface area contributed by atoms with E-state index >= 15 is 0 Å². The van der Waals surface area contributed by atoms with Crippen molar-refractivity contribution in [2.24, 2.45) is 11.5 Å². The predicted octanol–water partition coefficient (Wildman–Crippen LogP) is 1.44. The highest BCUT2D eigenvalue weighted by Crippen LogP contribution is 2.07. The number of rotatable bonds is 16. The topological polar surface area (TPSA) is 133 Å². The maximum atomic E-state index is 10.7. The minimum Gasteiger partial charge on any atom is -0.480 e. The summed E-state index contributed by atoms with van der Waals surface area (Å²) in [6, 6.07) is -1.53. The summed E-state index contributed by atoms with van der Waals surface area (Å²) in [5.41, 5.74) is 12.0. The Bertz CT molecular complexity index is 508. The molecule has 0 aromatic rings. The molecular formula is C19H37N4O4+. The standard InChI is InChI=1S/C19H36N4O4/c1-15(14-22(2)12-9-7-11-17(21)19(26)27)23(3)13-8-5-4-6-10-16(20)18(24)25/h14,16-17H,3-13,20-21H2,1-2H3,(H-,24,25,26,27)/p+1. The van der Waals surface area contributed by atoms with E-state index in [1.807, 2.05) is 24.7 Å². The van der Waals surface area contributed by atoms with Crippen molar-refractivity contribution in [1.29, 1.82) is 0 Å². The van der Waals surface area contributed by atoms with Gasteiger partial charge in [-0.15, -0.1) is 0 Å². The van der Waals surface area contributed by atoms with Gasteiger partial charge >= 0.3 is 11.9 Å². The molecule has 0 radical (unpaired) electrons. The van der Waals surface area contributed by atoms with Crippen LogP contribution >= 0.6 is 0 Å². The van der Waals surface area contributed by atoms with Crippen LogP contribution in [0.15, 0.2) is 11.9 Å². The van der Waals surface area contributed by atoms with Gasteiger partial charge in [-0.3, -0.25) is 9.59 Å². The molecule has 8 nitrogen and oxygen atoms in total. The van der Waals surface area contributed by atoms with Crippen LogP contribution in [-0.4, -0.2) is 70.6 Å². The van der Waals surface area contributed by atoms with E-state index in [4.69, 9.17) is 21.7 Å². The highest BCUT2D eigenvalue weighted by atomic mass is 16.4. The zero-order chi connectivity index (χ0) is 20.8. The fourth-order valence-electron chi connectivity index (χ4n) is 2.63. The second-order valence-corrected chi connectivity index (χ2v) is 7.10. The second kappa shape index (κ2) is 14.2. The van der Waals surface area contributed by atoms with E-state index in [1.54, 1.807) is 0 Å². The van der Waals surface area contributed by atoms with Crippen LogP contribution in [0.3, 0.4) is 0 Å². The van der Waals surface area contributed by atoms with E-state index in [1.165, 1.54) is 0 Å². The summed E-state index contributed by atoms with van der Waals surface area (Å²) in [7, 11) is 1.99. The normalized spacial score (nSPS) is 13.9. The molecule has 0 aliphatic carbocycles. The van der Waals surface area contributed by atoms with Gasteiger partial charge in [0, 0.05) is 26.9 Å². The lowest BCUT2D eigenvalue weighted by Gasteiger charge is -2.14. The lowest BCUT2D eigenvalue weighted by atomic mass is 10.1. The largest absolute Gasteiger partial charge is 0.480 e. The van der Waals surface area contributed by atoms with Gasteiger partial charge < -0.3 is 26.6 Å². The Morgan fingerprint density at radius 2 is 1.48 bits per heavy atom. The highest BCUT2D eigenvalue weighted by Gasteiger charge is 2.11. The quantitative estimate of drug-likeness (QED) is 0.179. The zero-order valence-corrected chi connectivity index (χ0v) is 16.8. The van der Waals surface area contributed by atoms with Crippen molar-refractivity contribution in [3.63, 3.8) is 0 Å². The molecule has 0 saturated heterocycles. The van der Waals surface area contributed by atoms with E-state index in [0.29, 0.717) is 12.8 Å². The summed E-state index contributed by atoms with van der Waals surface area (Å²) in [4.78, 5) is 23.4. The van der Waals surface area contributed by atoms with Gasteiger partial charge in [-0.25, -0.2) is 4.58 Å². The Morgan fingerprint density at radius 1 is 1.00 bits per heavy atom. The molecular weight excluding hydrogens is 348 g/mol. The third kappa shape index (κ3) is 13.0. The van der Waals surface area contributed by atoms with Crippen LogP contribution < -0.4 is 11.5 Å². The molecule has 0 saturated carbocycles. The fourth-order valence-corrected chi connectivity index (χ4v) is 2.63. The van der Waals surface area contributed by atoms with Crippen molar-refractivity contribution in [1.82, 2.24) is 4.90 Å². The Morgan fingerprint density at radius 3 is 2.00 bits per heavy atom. The second-order valence-electron chi connectivity index (χ2n) is 7.10. The smallest absolute Gasteiger partial charge is 0.320 e. The van der Waals surface area contributed by atoms with Gasteiger partial charge in [0.05, 0.1) is 6.20 Å². The number of allylic oxidation sites excluding steroid dienone is 1. The lowest BCUT2D eigenvalue weighted by molar-refractivity contribution is -0.469. The first-order chi connectivity index (χ1) is 12.6. The monoisotopic (exact) mass is 385 g/mol. The molecule has 2 unspecified atom stereocenters. The minimum atomic E-state index is -0.948. The minimum absolute atomic E-state index is 0.491. The molecule has 0 heterocycles. The van der Waals surface area contributed by atoms with Crippen LogP contribution in [0.25, 0.3) is 0 Å². The summed E-state index contributed by atoms with van der Waals surface area (Å²) >= 11 is 0. The third-order valence-corrected chi connectivity index (χ3v) is 4.51. The Balaban J connectivity index is 3.90. The van der Waals surface area contributed by atoms with E-state index in [9.17, 15) is 9.59 Å². The molecule has 0 aliphatic rings. The molecule has 0 aromatic heterocycles. The molecule has 0 aliphatic heterocycles. The van der Waals surface area contributed by atoms with Crippen molar-refractivity contribution in [3.05, 3.63) is 11.9 Å². The van der Waals surface area contributed by atoms with Gasteiger partial charge in [-0.1, -0.05) is 12.8 Å². The number of carboxylic acid groups (broad SMARTS) is 2. The van der Waals surface area contributed by atoms with E-state index < -0.39 is 24.0 Å². The molecule has 0 fully saturated rings. The lowest BCUT2D eigenvalue weighted by Crippen LogP contribution is -2.30. The molecule has 156 valence electrons. The Hall–Kier alpha value is -1.93. The summed E-state index contributed by atoms with van der Waals surface area (Å²) in [6.07, 6.45) is 8.52. The fraction of sp³-hybridized carbons (Fsp3) is 0.737. The number of aliphatic carboxylic acids is 2. The number of nitrogens with two attached hydrogens (primary N) is 2. The molecule has 27 heavy (non-hydrogen) atoms. The molecule has 0 aromatic carbocycles. The molecule has 0 amide bonds. The first kappa shape index (κ1) is 25.1. The number of carboxylic acids is 2. The first-order valence-corrected chi connectivity index (χ1v) is 9.58. The Kier molecular flexibility index (Phi) is 13.2. The molecule has 8 heteroatoms. The van der Waals surface area contributed by atoms with Gasteiger partial charge in [0.2, 0.25) is 0 Å². The van der Waals surface area contributed by atoms with Crippen molar-refractivity contribution < 1.29 is 24.4 Å². The van der Waals surface area contributed by atoms with E-state index in [0.717, 1.165) is 57.3 Å². The average molecular weight is 386 g/mol. The molecule has 0 rings (SSSR count). The number of unbranched alkanes of at least 4 members (excludes halogenated alkanes) is 4. The van der Waals surface area contributed by atoms with Crippen LogP contribution in [0, 0.1) is 0 Å². The van der Waals surface area contributed by atoms with Crippen LogP contribution in [-0.2, 0) is 9.59 Å². The van der Waals surface area contributed by atoms with E-state index in [2.05, 4.69) is 11.6 Å². The molecule has 0 bridgehead atoms. The number of nitrogens with zero attached hydrogens (tertiary/aromatic N) is 2. The number of hydrogen-bond donors (Lipinski definition) is 4. The van der Waals surface area contributed by atoms with Crippen molar-refractivity contribution >= 4 is 18.7 Å². The van der Waals surface area contributed by atoms with Crippen LogP contribution in [0.4, 0.5) is 0 Å². The molecule has 2 atom stereocenters. The maximum Gasteiger partial charge on any atom is 0.320 e. The molecule has 0 spiro atoms. The Labute approximate surface area is 162 Å². The third-order valence-electron chi connectivity index (χ3n) is 4.51. The van der Waals surface area contributed by atoms with Crippen molar-refractivity contribution in [2.45, 2.75) is 70.4 Å². The van der Waals surface area contributed by atoms with Crippen LogP contribution in [0.5, 0.6) is 0 Å². The zero-order valence-electron chi connectivity index (χ0n) is 16.8. The summed E-state index contributed by atoms with van der Waals surface area (Å²) in [5.74, 6) is -1.88.